The third kappa shape index (κ3) is 0.934. The van der Waals surface area contributed by atoms with Gasteiger partial charge in [0.1, 0.15) is 0 Å². The topological polar surface area (TPSA) is 0 Å². The van der Waals surface area contributed by atoms with Gasteiger partial charge in [0.05, 0.1) is 0 Å². The molecule has 18 heavy (non-hydrogen) atoms. The van der Waals surface area contributed by atoms with E-state index in [1.807, 2.05) is 0 Å². The first kappa shape index (κ1) is 10.9. The lowest BCUT2D eigenvalue weighted by atomic mass is 9.52. The molecule has 2 heteroatoms. The van der Waals surface area contributed by atoms with Crippen molar-refractivity contribution >= 4 is 31.9 Å². The molecule has 1 aromatic rings. The summed E-state index contributed by atoms with van der Waals surface area (Å²) in [5.41, 5.74) is 7.84. The van der Waals surface area contributed by atoms with Crippen LogP contribution in [0.3, 0.4) is 0 Å². The van der Waals surface area contributed by atoms with Crippen molar-refractivity contribution in [1.82, 2.24) is 0 Å². The second-order valence-electron chi connectivity index (χ2n) is 6.79. The predicted molar refractivity (Wildman–Crippen MR) is 81.1 cm³/mol. The number of hydrogen-bond acceptors (Lipinski definition) is 0. The number of hydrogen-bond donors (Lipinski definition) is 0. The number of fused-ring (bicyclic) bond motifs is 2. The highest BCUT2D eigenvalue weighted by Gasteiger charge is 2.64. The van der Waals surface area contributed by atoms with E-state index in [1.54, 1.807) is 22.3 Å². The molecule has 94 valence electrons. The predicted octanol–water partition coefficient (Wildman–Crippen LogP) is 4.39. The molecule has 5 aliphatic carbocycles. The zero-order chi connectivity index (χ0) is 12.1. The first-order valence-corrected chi connectivity index (χ1v) is 8.94. The molecule has 0 radical (unpaired) electrons. The van der Waals surface area contributed by atoms with Crippen LogP contribution in [0.2, 0.25) is 0 Å². The van der Waals surface area contributed by atoms with Crippen LogP contribution in [0, 0.1) is 0 Å². The van der Waals surface area contributed by atoms with Gasteiger partial charge in [-0.2, -0.15) is 0 Å². The van der Waals surface area contributed by atoms with E-state index >= 15 is 0 Å². The Morgan fingerprint density at radius 3 is 1.72 bits per heavy atom. The van der Waals surface area contributed by atoms with E-state index in [0.717, 1.165) is 0 Å². The summed E-state index contributed by atoms with van der Waals surface area (Å²) in [5.74, 6) is 0. The van der Waals surface area contributed by atoms with Crippen LogP contribution in [-0.2, 0) is 23.7 Å². The van der Waals surface area contributed by atoms with Gasteiger partial charge in [0.2, 0.25) is 0 Å². The van der Waals surface area contributed by atoms with E-state index in [9.17, 15) is 0 Å². The highest BCUT2D eigenvalue weighted by atomic mass is 79.9. The van der Waals surface area contributed by atoms with Crippen molar-refractivity contribution in [3.63, 3.8) is 0 Å². The number of benzene rings is 1. The first-order chi connectivity index (χ1) is 8.67. The Labute approximate surface area is 125 Å². The maximum absolute atomic E-state index is 4.07. The van der Waals surface area contributed by atoms with Crippen LogP contribution in [0.15, 0.2) is 12.1 Å². The van der Waals surface area contributed by atoms with Gasteiger partial charge >= 0.3 is 0 Å². The van der Waals surface area contributed by atoms with Crippen molar-refractivity contribution < 1.29 is 0 Å². The smallest absolute Gasteiger partial charge is 0.0252 e. The molecule has 4 atom stereocenters. The minimum Gasteiger partial charge on any atom is -0.0881 e. The second kappa shape index (κ2) is 3.09. The average molecular weight is 368 g/mol. The molecule has 1 saturated carbocycles. The van der Waals surface area contributed by atoms with E-state index in [0.29, 0.717) is 20.5 Å². The van der Waals surface area contributed by atoms with Crippen LogP contribution in [0.4, 0.5) is 0 Å². The van der Waals surface area contributed by atoms with Crippen molar-refractivity contribution in [1.29, 1.82) is 0 Å². The lowest BCUT2D eigenvalue weighted by Gasteiger charge is -2.57. The summed E-state index contributed by atoms with van der Waals surface area (Å²) in [6, 6.07) is 4.87. The minimum absolute atomic E-state index is 0.459. The Hall–Kier alpha value is 0.180. The molecule has 6 rings (SSSR count). The van der Waals surface area contributed by atoms with Gasteiger partial charge in [-0.05, 0) is 60.8 Å². The molecule has 0 saturated heterocycles. The number of rotatable bonds is 0. The van der Waals surface area contributed by atoms with Gasteiger partial charge in [0, 0.05) is 20.5 Å². The van der Waals surface area contributed by atoms with E-state index in [4.69, 9.17) is 0 Å². The van der Waals surface area contributed by atoms with Gasteiger partial charge in [-0.1, -0.05) is 44.0 Å². The van der Waals surface area contributed by atoms with Crippen molar-refractivity contribution in [2.24, 2.45) is 0 Å². The normalized spacial score (nSPS) is 46.6. The SMILES string of the molecule is BrC1C[C@]23CCc4ccc5c(c42)[C@@]1(CC5)C[C@@H]3Br. The number of aryl methyl sites for hydroxylation is 2. The third-order valence-electron chi connectivity index (χ3n) is 6.34. The molecule has 0 amide bonds. The summed E-state index contributed by atoms with van der Waals surface area (Å²) in [7, 11) is 0. The molecule has 0 aliphatic heterocycles. The lowest BCUT2D eigenvalue weighted by Crippen LogP contribution is -2.57. The fourth-order valence-electron chi connectivity index (χ4n) is 5.53. The van der Waals surface area contributed by atoms with Crippen LogP contribution in [-0.4, -0.2) is 9.65 Å². The van der Waals surface area contributed by atoms with Crippen LogP contribution < -0.4 is 0 Å². The molecule has 0 heterocycles. The molecule has 1 aromatic carbocycles. The fourth-order valence-corrected chi connectivity index (χ4v) is 7.97. The van der Waals surface area contributed by atoms with Crippen LogP contribution in [0.5, 0.6) is 0 Å². The Morgan fingerprint density at radius 2 is 1.28 bits per heavy atom. The van der Waals surface area contributed by atoms with Gasteiger partial charge in [0.15, 0.2) is 0 Å². The van der Waals surface area contributed by atoms with Gasteiger partial charge in [-0.3, -0.25) is 0 Å². The molecule has 1 unspecified atom stereocenters. The Morgan fingerprint density at radius 1 is 0.833 bits per heavy atom. The Balaban J connectivity index is 1.95. The zero-order valence-corrected chi connectivity index (χ0v) is 13.5. The summed E-state index contributed by atoms with van der Waals surface area (Å²) in [6.07, 6.45) is 8.06. The average Bonchev–Trinajstić information content (AvgIpc) is 2.89. The highest BCUT2D eigenvalue weighted by Crippen LogP contribution is 2.68. The molecule has 2 bridgehead atoms. The molecule has 0 N–H and O–H groups in total. The third-order valence-corrected chi connectivity index (χ3v) is 8.74. The van der Waals surface area contributed by atoms with Crippen molar-refractivity contribution in [3.8, 4) is 0 Å². The first-order valence-electron chi connectivity index (χ1n) is 7.11. The maximum atomic E-state index is 4.07. The van der Waals surface area contributed by atoms with Gasteiger partial charge in [0.25, 0.3) is 0 Å². The monoisotopic (exact) mass is 366 g/mol. The van der Waals surface area contributed by atoms with Gasteiger partial charge in [-0.15, -0.1) is 0 Å². The molecule has 2 spiro atoms. The minimum atomic E-state index is 0.459. The standard InChI is InChI=1S/C16H16Br2/c17-11-8-16-6-4-10-2-1-9-3-5-15(11,7-12(16)18)13(9)14(10)16/h1-2,11-12H,3-8H2/t11-,12?,15-,16-/m0/s1. The summed E-state index contributed by atoms with van der Waals surface area (Å²) < 4.78 is 0. The molecular weight excluding hydrogens is 352 g/mol. The quantitative estimate of drug-likeness (QED) is 0.596. The van der Waals surface area contributed by atoms with E-state index in [-0.39, 0.29) is 0 Å². The largest absolute Gasteiger partial charge is 0.0881 e. The van der Waals surface area contributed by atoms with Crippen molar-refractivity contribution in [2.45, 2.75) is 59.0 Å². The molecule has 5 aliphatic rings. The number of halogens is 2. The van der Waals surface area contributed by atoms with Gasteiger partial charge in [-0.25, -0.2) is 0 Å². The molecule has 0 aromatic heterocycles. The highest BCUT2D eigenvalue weighted by molar-refractivity contribution is 9.10. The van der Waals surface area contributed by atoms with E-state index in [1.165, 1.54) is 38.5 Å². The summed E-state index contributed by atoms with van der Waals surface area (Å²) in [6.45, 7) is 0. The maximum Gasteiger partial charge on any atom is 0.0252 e. The van der Waals surface area contributed by atoms with Crippen molar-refractivity contribution in [3.05, 3.63) is 34.4 Å². The van der Waals surface area contributed by atoms with Crippen LogP contribution in [0.25, 0.3) is 0 Å². The Bertz CT molecular complexity index is 528. The molecule has 1 fully saturated rings. The lowest BCUT2D eigenvalue weighted by molar-refractivity contribution is 0.187. The van der Waals surface area contributed by atoms with E-state index in [2.05, 4.69) is 44.0 Å². The number of alkyl halides is 2. The zero-order valence-electron chi connectivity index (χ0n) is 10.3. The summed E-state index contributed by atoms with van der Waals surface area (Å²) in [5, 5.41) is 0. The van der Waals surface area contributed by atoms with E-state index < -0.39 is 0 Å². The summed E-state index contributed by atoms with van der Waals surface area (Å²) >= 11 is 8.14. The Kier molecular flexibility index (Phi) is 1.87. The molecular formula is C16H16Br2. The van der Waals surface area contributed by atoms with Crippen LogP contribution in [0.1, 0.15) is 47.9 Å². The van der Waals surface area contributed by atoms with Crippen LogP contribution >= 0.6 is 31.9 Å². The fraction of sp³-hybridized carbons (Fsp3) is 0.625. The second-order valence-corrected chi connectivity index (χ2v) is 9.00. The van der Waals surface area contributed by atoms with Gasteiger partial charge < -0.3 is 0 Å². The summed E-state index contributed by atoms with van der Waals surface area (Å²) in [4.78, 5) is 1.42. The molecule has 0 nitrogen and oxygen atoms in total. The van der Waals surface area contributed by atoms with Crippen molar-refractivity contribution in [2.75, 3.05) is 0 Å².